The summed E-state index contributed by atoms with van der Waals surface area (Å²) in [6.45, 7) is 3.73. The molecule has 0 aliphatic heterocycles. The van der Waals surface area contributed by atoms with Gasteiger partial charge in [-0.1, -0.05) is 6.07 Å². The quantitative estimate of drug-likeness (QED) is 0.718. The van der Waals surface area contributed by atoms with Gasteiger partial charge in [0.05, 0.1) is 7.11 Å². The van der Waals surface area contributed by atoms with Crippen LogP contribution in [0.1, 0.15) is 0 Å². The Morgan fingerprint density at radius 3 is 2.77 bits per heavy atom. The number of ether oxygens (including phenoxy) is 2. The van der Waals surface area contributed by atoms with Crippen molar-refractivity contribution in [3.63, 3.8) is 0 Å². The first kappa shape index (κ1) is 9.86. The van der Waals surface area contributed by atoms with Crippen molar-refractivity contribution in [2.24, 2.45) is 0 Å². The minimum Gasteiger partial charge on any atom is -0.497 e. The van der Waals surface area contributed by atoms with Gasteiger partial charge in [-0.15, -0.1) is 0 Å². The first-order valence-corrected chi connectivity index (χ1v) is 4.02. The summed E-state index contributed by atoms with van der Waals surface area (Å²) >= 11 is 0. The van der Waals surface area contributed by atoms with Gasteiger partial charge in [0.15, 0.2) is 0 Å². The lowest BCUT2D eigenvalue weighted by Crippen LogP contribution is -2.17. The standard InChI is InChI=1S/C10H14NO2/c1-8(12-2)11-9-5-4-6-10(7-9)13-3/h4-8,11H,1H2,2-3H3. The van der Waals surface area contributed by atoms with Crippen LogP contribution in [0.5, 0.6) is 5.75 Å². The molecule has 0 bridgehead atoms. The summed E-state index contributed by atoms with van der Waals surface area (Å²) in [6, 6.07) is 7.61. The summed E-state index contributed by atoms with van der Waals surface area (Å²) in [5.41, 5.74) is 0.932. The number of anilines is 1. The fourth-order valence-corrected chi connectivity index (χ4v) is 0.958. The molecule has 0 spiro atoms. The molecule has 1 unspecified atom stereocenters. The number of methoxy groups -OCH3 is 2. The Balaban J connectivity index is 2.66. The minimum absolute atomic E-state index is 0.243. The Morgan fingerprint density at radius 2 is 2.15 bits per heavy atom. The van der Waals surface area contributed by atoms with Crippen LogP contribution in [0.2, 0.25) is 0 Å². The highest BCUT2D eigenvalue weighted by atomic mass is 16.5. The van der Waals surface area contributed by atoms with Gasteiger partial charge in [-0.2, -0.15) is 0 Å². The molecule has 0 aliphatic rings. The maximum absolute atomic E-state index is 5.07. The zero-order valence-corrected chi connectivity index (χ0v) is 7.91. The molecule has 0 aliphatic carbocycles. The van der Waals surface area contributed by atoms with E-state index in [0.717, 1.165) is 11.4 Å². The Bertz CT molecular complexity index is 263. The van der Waals surface area contributed by atoms with Crippen molar-refractivity contribution in [3.05, 3.63) is 31.2 Å². The Hall–Kier alpha value is -1.22. The van der Waals surface area contributed by atoms with Crippen LogP contribution in [0.25, 0.3) is 0 Å². The molecule has 1 N–H and O–H groups in total. The van der Waals surface area contributed by atoms with Crippen molar-refractivity contribution in [1.82, 2.24) is 0 Å². The second-order valence-corrected chi connectivity index (χ2v) is 2.60. The molecular formula is C10H14NO2. The highest BCUT2D eigenvalue weighted by Crippen LogP contribution is 2.17. The largest absolute Gasteiger partial charge is 0.497 e. The van der Waals surface area contributed by atoms with Gasteiger partial charge in [-0.05, 0) is 19.1 Å². The van der Waals surface area contributed by atoms with Gasteiger partial charge in [0.1, 0.15) is 12.0 Å². The van der Waals surface area contributed by atoms with Crippen LogP contribution in [0.15, 0.2) is 24.3 Å². The summed E-state index contributed by atoms with van der Waals surface area (Å²) < 4.78 is 10.0. The normalized spacial score (nSPS) is 12.2. The van der Waals surface area contributed by atoms with E-state index in [4.69, 9.17) is 9.47 Å². The lowest BCUT2D eigenvalue weighted by molar-refractivity contribution is 0.161. The van der Waals surface area contributed by atoms with Gasteiger partial charge < -0.3 is 14.8 Å². The molecule has 0 amide bonds. The molecule has 1 radical (unpaired) electrons. The smallest absolute Gasteiger partial charge is 0.127 e. The van der Waals surface area contributed by atoms with E-state index in [1.807, 2.05) is 24.3 Å². The SMILES string of the molecule is [CH2]C(Nc1cccc(OC)c1)OC. The van der Waals surface area contributed by atoms with Gasteiger partial charge in [0.2, 0.25) is 0 Å². The van der Waals surface area contributed by atoms with E-state index < -0.39 is 0 Å². The fraction of sp³-hybridized carbons (Fsp3) is 0.300. The molecule has 1 atom stereocenters. The van der Waals surface area contributed by atoms with Crippen LogP contribution in [0, 0.1) is 6.92 Å². The topological polar surface area (TPSA) is 30.5 Å². The predicted octanol–water partition coefficient (Wildman–Crippen LogP) is 1.91. The number of benzene rings is 1. The van der Waals surface area contributed by atoms with E-state index in [-0.39, 0.29) is 6.23 Å². The van der Waals surface area contributed by atoms with Gasteiger partial charge >= 0.3 is 0 Å². The molecule has 1 rings (SSSR count). The molecule has 1 aromatic rings. The van der Waals surface area contributed by atoms with Crippen LogP contribution in [0.3, 0.4) is 0 Å². The van der Waals surface area contributed by atoms with Crippen molar-refractivity contribution in [1.29, 1.82) is 0 Å². The monoisotopic (exact) mass is 180 g/mol. The lowest BCUT2D eigenvalue weighted by atomic mass is 10.3. The van der Waals surface area contributed by atoms with Gasteiger partial charge in [-0.3, -0.25) is 0 Å². The Kier molecular flexibility index (Phi) is 3.58. The molecule has 0 heterocycles. The summed E-state index contributed by atoms with van der Waals surface area (Å²) in [7, 11) is 3.24. The first-order valence-electron chi connectivity index (χ1n) is 4.02. The molecule has 1 aromatic carbocycles. The number of rotatable bonds is 4. The van der Waals surface area contributed by atoms with Crippen LogP contribution in [0.4, 0.5) is 5.69 Å². The molecule has 3 nitrogen and oxygen atoms in total. The van der Waals surface area contributed by atoms with E-state index in [9.17, 15) is 0 Å². The number of nitrogens with one attached hydrogen (secondary N) is 1. The van der Waals surface area contributed by atoms with Gasteiger partial charge in [-0.25, -0.2) is 0 Å². The first-order chi connectivity index (χ1) is 6.26. The molecule has 3 heteroatoms. The van der Waals surface area contributed by atoms with E-state index in [0.29, 0.717) is 0 Å². The van der Waals surface area contributed by atoms with E-state index >= 15 is 0 Å². The van der Waals surface area contributed by atoms with E-state index in [1.54, 1.807) is 14.2 Å². The maximum atomic E-state index is 5.07. The number of hydrogen-bond donors (Lipinski definition) is 1. The van der Waals surface area contributed by atoms with Crippen LogP contribution in [-0.2, 0) is 4.74 Å². The molecule has 0 fully saturated rings. The molecule has 0 saturated heterocycles. The van der Waals surface area contributed by atoms with Crippen molar-refractivity contribution in [2.45, 2.75) is 6.23 Å². The predicted molar refractivity (Wildman–Crippen MR) is 52.8 cm³/mol. The summed E-state index contributed by atoms with van der Waals surface area (Å²) in [4.78, 5) is 0. The third kappa shape index (κ3) is 2.95. The lowest BCUT2D eigenvalue weighted by Gasteiger charge is -2.13. The highest BCUT2D eigenvalue weighted by molar-refractivity contribution is 5.48. The van der Waals surface area contributed by atoms with Crippen molar-refractivity contribution >= 4 is 5.69 Å². The highest BCUT2D eigenvalue weighted by Gasteiger charge is 1.99. The van der Waals surface area contributed by atoms with Gasteiger partial charge in [0.25, 0.3) is 0 Å². The Morgan fingerprint density at radius 1 is 1.38 bits per heavy atom. The van der Waals surface area contributed by atoms with E-state index in [1.165, 1.54) is 0 Å². The average Bonchev–Trinajstić information content (AvgIpc) is 2.18. The second kappa shape index (κ2) is 4.72. The van der Waals surface area contributed by atoms with Gasteiger partial charge in [0, 0.05) is 18.9 Å². The molecule has 13 heavy (non-hydrogen) atoms. The van der Waals surface area contributed by atoms with Crippen LogP contribution < -0.4 is 10.1 Å². The molecule has 71 valence electrons. The zero-order chi connectivity index (χ0) is 9.68. The second-order valence-electron chi connectivity index (χ2n) is 2.60. The summed E-state index contributed by atoms with van der Waals surface area (Å²) in [6.07, 6.45) is -0.243. The molecular weight excluding hydrogens is 166 g/mol. The van der Waals surface area contributed by atoms with Crippen molar-refractivity contribution < 1.29 is 9.47 Å². The summed E-state index contributed by atoms with van der Waals surface area (Å²) in [5.74, 6) is 0.813. The van der Waals surface area contributed by atoms with Crippen LogP contribution in [-0.4, -0.2) is 20.4 Å². The van der Waals surface area contributed by atoms with E-state index in [2.05, 4.69) is 12.2 Å². The van der Waals surface area contributed by atoms with Crippen molar-refractivity contribution in [2.75, 3.05) is 19.5 Å². The van der Waals surface area contributed by atoms with Crippen LogP contribution >= 0.6 is 0 Å². The summed E-state index contributed by atoms with van der Waals surface area (Å²) in [5, 5.41) is 3.05. The third-order valence-electron chi connectivity index (χ3n) is 1.68. The maximum Gasteiger partial charge on any atom is 0.127 e. The molecule has 0 aromatic heterocycles. The average molecular weight is 180 g/mol. The zero-order valence-electron chi connectivity index (χ0n) is 7.91. The molecule has 0 saturated carbocycles. The minimum atomic E-state index is -0.243. The third-order valence-corrected chi connectivity index (χ3v) is 1.68. The fourth-order valence-electron chi connectivity index (χ4n) is 0.958. The van der Waals surface area contributed by atoms with Crippen molar-refractivity contribution in [3.8, 4) is 5.75 Å². The number of hydrogen-bond acceptors (Lipinski definition) is 3. The Labute approximate surface area is 78.7 Å².